The number of anilines is 1. The lowest BCUT2D eigenvalue weighted by atomic mass is 10.1. The van der Waals surface area contributed by atoms with E-state index in [2.05, 4.69) is 4.72 Å². The van der Waals surface area contributed by atoms with Crippen molar-refractivity contribution in [2.45, 2.75) is 23.7 Å². The van der Waals surface area contributed by atoms with Gasteiger partial charge in [0.2, 0.25) is 0 Å². The summed E-state index contributed by atoms with van der Waals surface area (Å²) in [5.74, 6) is -1.16. The third kappa shape index (κ3) is 3.92. The molecule has 1 aliphatic rings. The Morgan fingerprint density at radius 2 is 1.93 bits per heavy atom. The number of hydrogen-bond acceptors (Lipinski definition) is 5. The Bertz CT molecular complexity index is 1300. The lowest BCUT2D eigenvalue weighted by Gasteiger charge is -2.15. The molecule has 6 nitrogen and oxygen atoms in total. The van der Waals surface area contributed by atoms with Gasteiger partial charge in [-0.05, 0) is 60.7 Å². The third-order valence-corrected chi connectivity index (χ3v) is 7.13. The number of benzene rings is 2. The van der Waals surface area contributed by atoms with Crippen molar-refractivity contribution in [2.75, 3.05) is 4.72 Å². The van der Waals surface area contributed by atoms with E-state index in [-0.39, 0.29) is 27.6 Å². The Balaban J connectivity index is 1.82. The van der Waals surface area contributed by atoms with Crippen molar-refractivity contribution >= 4 is 33.0 Å². The van der Waals surface area contributed by atoms with Crippen LogP contribution in [0.3, 0.4) is 0 Å². The van der Waals surface area contributed by atoms with Gasteiger partial charge in [-0.15, -0.1) is 11.3 Å². The van der Waals surface area contributed by atoms with Gasteiger partial charge in [0.1, 0.15) is 0 Å². The molecule has 1 fully saturated rings. The van der Waals surface area contributed by atoms with E-state index in [9.17, 15) is 28.0 Å². The SMILES string of the molecule is N#Cc1ccc(-c2ccc(F)s2)c(NS(=O)(=O)c2cc(C(=O)O)ccc2C2CC2)c1. The number of hydrogen-bond donors (Lipinski definition) is 2. The number of nitrogens with one attached hydrogen (secondary N) is 1. The van der Waals surface area contributed by atoms with E-state index in [1.165, 1.54) is 36.4 Å². The molecule has 1 aromatic heterocycles. The van der Waals surface area contributed by atoms with Gasteiger partial charge in [0, 0.05) is 10.4 Å². The van der Waals surface area contributed by atoms with E-state index >= 15 is 0 Å². The molecule has 0 aliphatic heterocycles. The minimum Gasteiger partial charge on any atom is -0.478 e. The first-order valence-electron chi connectivity index (χ1n) is 8.98. The Kier molecular flexibility index (Phi) is 5.05. The van der Waals surface area contributed by atoms with Gasteiger partial charge in [-0.2, -0.15) is 9.65 Å². The van der Waals surface area contributed by atoms with Crippen LogP contribution in [-0.2, 0) is 10.0 Å². The first kappa shape index (κ1) is 20.1. The summed E-state index contributed by atoms with van der Waals surface area (Å²) in [6, 6.07) is 13.3. The van der Waals surface area contributed by atoms with Crippen molar-refractivity contribution in [1.29, 1.82) is 5.26 Å². The minimum absolute atomic E-state index is 0.0655. The second-order valence-electron chi connectivity index (χ2n) is 6.91. The molecule has 0 saturated heterocycles. The molecule has 1 heterocycles. The van der Waals surface area contributed by atoms with Crippen LogP contribution in [0.15, 0.2) is 53.4 Å². The molecule has 30 heavy (non-hydrogen) atoms. The summed E-state index contributed by atoms with van der Waals surface area (Å²) in [5.41, 5.74) is 1.21. The maximum atomic E-state index is 13.5. The highest BCUT2D eigenvalue weighted by molar-refractivity contribution is 7.92. The lowest BCUT2D eigenvalue weighted by Crippen LogP contribution is -2.16. The molecule has 0 bridgehead atoms. The first-order valence-corrected chi connectivity index (χ1v) is 11.3. The average Bonchev–Trinajstić information content (AvgIpc) is 3.48. The average molecular weight is 442 g/mol. The van der Waals surface area contributed by atoms with Crippen LogP contribution in [0, 0.1) is 16.5 Å². The van der Waals surface area contributed by atoms with Gasteiger partial charge in [-0.3, -0.25) is 4.72 Å². The summed E-state index contributed by atoms with van der Waals surface area (Å²) in [6.07, 6.45) is 1.66. The molecule has 0 radical (unpaired) electrons. The van der Waals surface area contributed by atoms with Crippen LogP contribution in [0.25, 0.3) is 10.4 Å². The first-order chi connectivity index (χ1) is 14.3. The number of rotatable bonds is 6. The Hall–Kier alpha value is -3.22. The molecule has 2 aromatic carbocycles. The van der Waals surface area contributed by atoms with E-state index in [4.69, 9.17) is 0 Å². The fourth-order valence-electron chi connectivity index (χ4n) is 3.20. The molecule has 152 valence electrons. The van der Waals surface area contributed by atoms with Crippen molar-refractivity contribution in [2.24, 2.45) is 0 Å². The van der Waals surface area contributed by atoms with Crippen LogP contribution in [0.5, 0.6) is 0 Å². The standard InChI is InChI=1S/C21H15FN2O4S2/c22-20-8-7-18(29-20)16-5-1-12(11-23)9-17(16)24-30(27,28)19-10-14(21(25)26)4-6-15(19)13-2-3-13/h1,4-10,13,24H,2-3H2,(H,25,26). The lowest BCUT2D eigenvalue weighted by molar-refractivity contribution is 0.0696. The van der Waals surface area contributed by atoms with Crippen LogP contribution >= 0.6 is 11.3 Å². The molecular formula is C21H15FN2O4S2. The van der Waals surface area contributed by atoms with E-state index < -0.39 is 21.1 Å². The molecule has 1 saturated carbocycles. The highest BCUT2D eigenvalue weighted by Crippen LogP contribution is 2.44. The van der Waals surface area contributed by atoms with Gasteiger partial charge in [0.05, 0.1) is 27.8 Å². The van der Waals surface area contributed by atoms with Crippen molar-refractivity contribution in [3.05, 3.63) is 70.4 Å². The number of aromatic carboxylic acids is 1. The van der Waals surface area contributed by atoms with Gasteiger partial charge < -0.3 is 5.11 Å². The second kappa shape index (κ2) is 7.55. The summed E-state index contributed by atoms with van der Waals surface area (Å²) < 4.78 is 42.5. The second-order valence-corrected chi connectivity index (χ2v) is 9.60. The maximum Gasteiger partial charge on any atom is 0.335 e. The van der Waals surface area contributed by atoms with Gasteiger partial charge in [0.25, 0.3) is 10.0 Å². The number of carbonyl (C=O) groups is 1. The zero-order valence-corrected chi connectivity index (χ0v) is 17.1. The molecular weight excluding hydrogens is 427 g/mol. The van der Waals surface area contributed by atoms with Crippen molar-refractivity contribution in [3.8, 4) is 16.5 Å². The Labute approximate surface area is 176 Å². The predicted molar refractivity (Wildman–Crippen MR) is 111 cm³/mol. The fraction of sp³-hybridized carbons (Fsp3) is 0.143. The summed E-state index contributed by atoms with van der Waals surface area (Å²) in [6.45, 7) is 0. The topological polar surface area (TPSA) is 107 Å². The van der Waals surface area contributed by atoms with E-state index in [0.717, 1.165) is 30.2 Å². The van der Waals surface area contributed by atoms with Gasteiger partial charge >= 0.3 is 5.97 Å². The van der Waals surface area contributed by atoms with E-state index in [1.54, 1.807) is 6.07 Å². The molecule has 2 N–H and O–H groups in total. The fourth-order valence-corrected chi connectivity index (χ4v) is 5.37. The number of halogens is 1. The number of nitrogens with zero attached hydrogens (tertiary/aromatic N) is 1. The third-order valence-electron chi connectivity index (χ3n) is 4.80. The highest BCUT2D eigenvalue weighted by Gasteiger charge is 2.31. The van der Waals surface area contributed by atoms with Crippen molar-refractivity contribution < 1.29 is 22.7 Å². The number of nitriles is 1. The number of thiophene rings is 1. The summed E-state index contributed by atoms with van der Waals surface area (Å²) in [5, 5.41) is 18.1. The maximum absolute atomic E-state index is 13.5. The molecule has 0 unspecified atom stereocenters. The quantitative estimate of drug-likeness (QED) is 0.570. The minimum atomic E-state index is -4.17. The summed E-state index contributed by atoms with van der Waals surface area (Å²) in [4.78, 5) is 11.8. The normalized spacial score (nSPS) is 13.6. The Morgan fingerprint density at radius 3 is 2.53 bits per heavy atom. The number of carboxylic acid groups (broad SMARTS) is 1. The largest absolute Gasteiger partial charge is 0.478 e. The molecule has 0 amide bonds. The summed E-state index contributed by atoms with van der Waals surface area (Å²) >= 11 is 0.853. The number of sulfonamides is 1. The van der Waals surface area contributed by atoms with Crippen LogP contribution in [0.4, 0.5) is 10.1 Å². The molecule has 0 atom stereocenters. The Morgan fingerprint density at radius 1 is 1.17 bits per heavy atom. The van der Waals surface area contributed by atoms with Crippen LogP contribution in [0.1, 0.15) is 40.2 Å². The number of carboxylic acids is 1. The zero-order chi connectivity index (χ0) is 21.5. The summed E-state index contributed by atoms with van der Waals surface area (Å²) in [7, 11) is -4.17. The zero-order valence-electron chi connectivity index (χ0n) is 15.4. The smallest absolute Gasteiger partial charge is 0.335 e. The van der Waals surface area contributed by atoms with Gasteiger partial charge in [-0.25, -0.2) is 13.2 Å². The molecule has 4 rings (SSSR count). The molecule has 0 spiro atoms. The highest BCUT2D eigenvalue weighted by atomic mass is 32.2. The van der Waals surface area contributed by atoms with E-state index in [1.807, 2.05) is 6.07 Å². The van der Waals surface area contributed by atoms with Gasteiger partial charge in [0.15, 0.2) is 5.13 Å². The van der Waals surface area contributed by atoms with Gasteiger partial charge in [-0.1, -0.05) is 12.1 Å². The van der Waals surface area contributed by atoms with Crippen LogP contribution < -0.4 is 4.72 Å². The van der Waals surface area contributed by atoms with E-state index in [0.29, 0.717) is 16.0 Å². The predicted octanol–water partition coefficient (Wildman–Crippen LogP) is 4.80. The van der Waals surface area contributed by atoms with Crippen LogP contribution in [-0.4, -0.2) is 19.5 Å². The van der Waals surface area contributed by atoms with Crippen molar-refractivity contribution in [1.82, 2.24) is 0 Å². The molecule has 3 aromatic rings. The van der Waals surface area contributed by atoms with Crippen LogP contribution in [0.2, 0.25) is 0 Å². The molecule has 1 aliphatic carbocycles. The van der Waals surface area contributed by atoms with Crippen molar-refractivity contribution in [3.63, 3.8) is 0 Å². The monoisotopic (exact) mass is 442 g/mol. The molecule has 9 heteroatoms.